The van der Waals surface area contributed by atoms with Gasteiger partial charge in [-0.1, -0.05) is 173 Å². The number of unbranched alkanes of at least 4 members (excludes halogenated alkanes) is 20. The Morgan fingerprint density at radius 3 is 1.04 bits per heavy atom. The van der Waals surface area contributed by atoms with Gasteiger partial charge in [0.05, 0.1) is 22.8 Å². The van der Waals surface area contributed by atoms with Crippen LogP contribution >= 0.6 is 0 Å². The van der Waals surface area contributed by atoms with Gasteiger partial charge in [0.2, 0.25) is 0 Å². The Morgan fingerprint density at radius 1 is 0.413 bits per heavy atom. The van der Waals surface area contributed by atoms with Crippen LogP contribution in [0.4, 0.5) is 11.4 Å². The molecule has 3 heteroatoms. The summed E-state index contributed by atoms with van der Waals surface area (Å²) in [5.74, 6) is 0. The summed E-state index contributed by atoms with van der Waals surface area (Å²) in [6, 6.07) is 17.8. The number of hydrogen-bond acceptors (Lipinski definition) is 2. The van der Waals surface area contributed by atoms with Crippen LogP contribution in [0.1, 0.15) is 187 Å². The molecule has 0 aromatic heterocycles. The van der Waals surface area contributed by atoms with E-state index < -0.39 is 0 Å². The zero-order valence-corrected chi connectivity index (χ0v) is 31.5. The van der Waals surface area contributed by atoms with Crippen LogP contribution in [0, 0.1) is 0 Å². The van der Waals surface area contributed by atoms with Gasteiger partial charge in [-0.15, -0.1) is 0 Å². The van der Waals surface area contributed by atoms with Crippen LogP contribution in [0.25, 0.3) is 0 Å². The van der Waals surface area contributed by atoms with Crippen LogP contribution < -0.4 is 0 Å². The van der Waals surface area contributed by atoms with E-state index in [9.17, 15) is 0 Å². The van der Waals surface area contributed by atoms with Crippen molar-refractivity contribution < 1.29 is 16.5 Å². The Hall–Kier alpha value is -1.73. The second-order valence-corrected chi connectivity index (χ2v) is 13.5. The topological polar surface area (TPSA) is 24.7 Å². The Balaban J connectivity index is 0.0000106. The van der Waals surface area contributed by atoms with Crippen molar-refractivity contribution in [3.8, 4) is 0 Å². The number of rotatable bonds is 28. The standard InChI is InChI=1S/C43H70N2.Ni/c1-5-8-10-12-14-16-18-20-22-24-26-28-39-30-34-41(35-31-39)44-38(4)43(7-3)45-42-36-32-40(33-37-42)29-27-25-23-21-19-17-15-13-11-9-6-2;/h30-37H,5-29H2,1-4H3;. The largest absolute Gasteiger partial charge is 0.252 e. The smallest absolute Gasteiger partial charge is 0.0633 e. The van der Waals surface area contributed by atoms with Crippen LogP contribution in [0.2, 0.25) is 0 Å². The van der Waals surface area contributed by atoms with Crippen molar-refractivity contribution in [3.05, 3.63) is 59.7 Å². The van der Waals surface area contributed by atoms with Crippen molar-refractivity contribution in [2.75, 3.05) is 0 Å². The summed E-state index contributed by atoms with van der Waals surface area (Å²) in [4.78, 5) is 9.90. The molecule has 2 nitrogen and oxygen atoms in total. The van der Waals surface area contributed by atoms with Gasteiger partial charge in [0.1, 0.15) is 0 Å². The Labute approximate surface area is 296 Å². The van der Waals surface area contributed by atoms with E-state index in [4.69, 9.17) is 9.98 Å². The monoisotopic (exact) mass is 672 g/mol. The van der Waals surface area contributed by atoms with E-state index in [-0.39, 0.29) is 16.5 Å². The number of nitrogens with zero attached hydrogens (tertiary/aromatic N) is 2. The number of aryl methyl sites for hydroxylation is 2. The van der Waals surface area contributed by atoms with Crippen LogP contribution in [-0.2, 0) is 29.3 Å². The van der Waals surface area contributed by atoms with Gasteiger partial charge in [-0.3, -0.25) is 9.98 Å². The van der Waals surface area contributed by atoms with Gasteiger partial charge in [-0.25, -0.2) is 0 Å². The molecule has 0 aliphatic rings. The molecule has 0 heterocycles. The fraction of sp³-hybridized carbons (Fsp3) is 0.674. The molecular weight excluding hydrogens is 603 g/mol. The molecule has 0 fully saturated rings. The Morgan fingerprint density at radius 2 is 0.717 bits per heavy atom. The van der Waals surface area contributed by atoms with Crippen molar-refractivity contribution in [1.29, 1.82) is 0 Å². The maximum absolute atomic E-state index is 4.97. The summed E-state index contributed by atoms with van der Waals surface area (Å²) in [6.45, 7) is 8.86. The number of hydrogen-bond donors (Lipinski definition) is 0. The summed E-state index contributed by atoms with van der Waals surface area (Å²) in [6.07, 6.45) is 34.0. The Kier molecular flexibility index (Phi) is 27.0. The maximum Gasteiger partial charge on any atom is 0.0633 e. The van der Waals surface area contributed by atoms with Gasteiger partial charge in [0.15, 0.2) is 0 Å². The fourth-order valence-corrected chi connectivity index (χ4v) is 6.29. The second-order valence-electron chi connectivity index (χ2n) is 13.5. The van der Waals surface area contributed by atoms with Gasteiger partial charge in [-0.2, -0.15) is 0 Å². The van der Waals surface area contributed by atoms with Gasteiger partial charge in [-0.05, 0) is 74.4 Å². The second kappa shape index (κ2) is 29.4. The SMILES string of the molecule is CCCCCCCCCCCCCc1ccc(N=C(C)C(CC)=Nc2ccc(CCCCCCCCCCCCC)cc2)cc1.[Ni]. The molecule has 0 amide bonds. The molecule has 0 saturated heterocycles. The molecule has 46 heavy (non-hydrogen) atoms. The molecule has 0 N–H and O–H groups in total. The predicted molar refractivity (Wildman–Crippen MR) is 203 cm³/mol. The summed E-state index contributed by atoms with van der Waals surface area (Å²) in [5.41, 5.74) is 7.01. The van der Waals surface area contributed by atoms with Gasteiger partial charge in [0.25, 0.3) is 0 Å². The van der Waals surface area contributed by atoms with Gasteiger partial charge >= 0.3 is 0 Å². The molecule has 2 rings (SSSR count). The fourth-order valence-electron chi connectivity index (χ4n) is 6.29. The first-order valence-corrected chi connectivity index (χ1v) is 19.5. The average molecular weight is 674 g/mol. The Bertz CT molecular complexity index is 1020. The summed E-state index contributed by atoms with van der Waals surface area (Å²) in [7, 11) is 0. The molecule has 0 spiro atoms. The third-order valence-electron chi connectivity index (χ3n) is 9.32. The molecular formula is C43H70N2Ni. The summed E-state index contributed by atoms with van der Waals surface area (Å²) in [5, 5.41) is 0. The third-order valence-corrected chi connectivity index (χ3v) is 9.32. The van der Waals surface area contributed by atoms with Crippen molar-refractivity contribution in [3.63, 3.8) is 0 Å². The molecule has 0 radical (unpaired) electrons. The van der Waals surface area contributed by atoms with Gasteiger partial charge < -0.3 is 0 Å². The van der Waals surface area contributed by atoms with Crippen molar-refractivity contribution >= 4 is 22.8 Å². The van der Waals surface area contributed by atoms with E-state index in [2.05, 4.69) is 76.2 Å². The molecule has 0 bridgehead atoms. The molecule has 262 valence electrons. The molecule has 0 aliphatic carbocycles. The predicted octanol–water partition coefficient (Wildman–Crippen LogP) is 14.7. The molecule has 0 atom stereocenters. The van der Waals surface area contributed by atoms with Crippen LogP contribution in [0.5, 0.6) is 0 Å². The van der Waals surface area contributed by atoms with Crippen LogP contribution in [-0.4, -0.2) is 11.4 Å². The minimum Gasteiger partial charge on any atom is -0.252 e. The zero-order chi connectivity index (χ0) is 32.2. The van der Waals surface area contributed by atoms with Crippen molar-refractivity contribution in [2.45, 2.75) is 188 Å². The minimum absolute atomic E-state index is 0. The number of benzene rings is 2. The molecule has 0 unspecified atom stereocenters. The molecule has 0 aliphatic heterocycles. The maximum atomic E-state index is 4.97. The quantitative estimate of drug-likeness (QED) is 0.0488. The van der Waals surface area contributed by atoms with E-state index in [1.807, 2.05) is 0 Å². The molecule has 0 saturated carbocycles. The first kappa shape index (κ1) is 42.3. The third kappa shape index (κ3) is 21.2. The minimum atomic E-state index is 0. The van der Waals surface area contributed by atoms with Crippen molar-refractivity contribution in [1.82, 2.24) is 0 Å². The zero-order valence-electron chi connectivity index (χ0n) is 30.5. The van der Waals surface area contributed by atoms with E-state index in [1.54, 1.807) is 0 Å². The first-order chi connectivity index (χ1) is 22.2. The van der Waals surface area contributed by atoms with E-state index in [0.717, 1.165) is 29.2 Å². The van der Waals surface area contributed by atoms with Gasteiger partial charge in [0, 0.05) is 16.5 Å². The van der Waals surface area contributed by atoms with Crippen LogP contribution in [0.3, 0.4) is 0 Å². The summed E-state index contributed by atoms with van der Waals surface area (Å²) < 4.78 is 0. The summed E-state index contributed by atoms with van der Waals surface area (Å²) >= 11 is 0. The van der Waals surface area contributed by atoms with Crippen molar-refractivity contribution in [2.24, 2.45) is 9.98 Å². The van der Waals surface area contributed by atoms with Crippen LogP contribution in [0.15, 0.2) is 58.5 Å². The molecule has 2 aromatic rings. The normalized spacial score (nSPS) is 12.0. The van der Waals surface area contributed by atoms with E-state index >= 15 is 0 Å². The average Bonchev–Trinajstić information content (AvgIpc) is 3.06. The first-order valence-electron chi connectivity index (χ1n) is 19.5. The van der Waals surface area contributed by atoms with E-state index in [1.165, 1.54) is 165 Å². The molecule has 2 aromatic carbocycles. The van der Waals surface area contributed by atoms with E-state index in [0.29, 0.717) is 0 Å². The number of aliphatic imine (C=N–C) groups is 2.